The summed E-state index contributed by atoms with van der Waals surface area (Å²) in [6, 6.07) is 0. The second kappa shape index (κ2) is 18.0. The lowest BCUT2D eigenvalue weighted by molar-refractivity contribution is -0.178. The van der Waals surface area contributed by atoms with Crippen molar-refractivity contribution in [3.8, 4) is 0 Å². The van der Waals surface area contributed by atoms with Gasteiger partial charge in [0.25, 0.3) is 11.8 Å². The highest BCUT2D eigenvalue weighted by Crippen LogP contribution is 2.35. The Kier molecular flexibility index (Phi) is 16.3. The molecule has 0 radical (unpaired) electrons. The molecule has 1 aliphatic heterocycles. The molecule has 206 valence electrons. The lowest BCUT2D eigenvalue weighted by Gasteiger charge is -2.28. The molecule has 1 heterocycles. The average molecular weight is 505 g/mol. The van der Waals surface area contributed by atoms with Crippen LogP contribution in [0.2, 0.25) is 0 Å². The van der Waals surface area contributed by atoms with E-state index in [0.29, 0.717) is 6.42 Å². The van der Waals surface area contributed by atoms with Crippen LogP contribution < -0.4 is 0 Å². The fraction of sp³-hybridized carbons (Fsp3) is 0.920. The highest BCUT2D eigenvalue weighted by atomic mass is 16.8. The van der Waals surface area contributed by atoms with Gasteiger partial charge in [0.1, 0.15) is 0 Å². The Morgan fingerprint density at radius 1 is 0.657 bits per heavy atom. The van der Waals surface area contributed by atoms with Crippen LogP contribution in [0.5, 0.6) is 0 Å². The fourth-order valence-corrected chi connectivity index (χ4v) is 4.43. The normalized spacial score (nSPS) is 21.9. The van der Waals surface area contributed by atoms with Crippen molar-refractivity contribution < 1.29 is 39.5 Å². The number of ether oxygens (including phenoxy) is 2. The first kappa shape index (κ1) is 31.7. The molecule has 1 saturated heterocycles. The van der Waals surface area contributed by atoms with Crippen LogP contribution in [0.25, 0.3) is 0 Å². The number of rotatable bonds is 20. The zero-order chi connectivity index (χ0) is 26.1. The van der Waals surface area contributed by atoms with Crippen LogP contribution in [0.1, 0.15) is 78.1 Å². The van der Waals surface area contributed by atoms with E-state index in [1.807, 2.05) is 0 Å². The summed E-state index contributed by atoms with van der Waals surface area (Å²) in [6.45, 7) is 2.71. The van der Waals surface area contributed by atoms with Gasteiger partial charge in [0.15, 0.2) is 18.0 Å². The van der Waals surface area contributed by atoms with Crippen LogP contribution in [0.4, 0.5) is 0 Å². The Morgan fingerprint density at radius 3 is 1.34 bits per heavy atom. The first-order chi connectivity index (χ1) is 16.9. The summed E-state index contributed by atoms with van der Waals surface area (Å²) in [6.07, 6.45) is 8.43. The molecule has 2 atom stereocenters. The van der Waals surface area contributed by atoms with Crippen molar-refractivity contribution in [2.75, 3.05) is 52.6 Å². The van der Waals surface area contributed by atoms with Crippen molar-refractivity contribution in [1.29, 1.82) is 0 Å². The Labute approximate surface area is 210 Å². The van der Waals surface area contributed by atoms with Gasteiger partial charge < -0.3 is 39.7 Å². The summed E-state index contributed by atoms with van der Waals surface area (Å²) in [7, 11) is 0. The molecule has 0 aromatic carbocycles. The van der Waals surface area contributed by atoms with Gasteiger partial charge in [0.2, 0.25) is 0 Å². The minimum absolute atomic E-state index is 0.00781. The number of unbranched alkanes of at least 4 members (excludes halogenated alkanes) is 8. The standard InChI is InChI=1S/C25H48N2O8/c1-3-4-5-6-7-8-9-10-11-12-25(2)34-21(23(32)26(13-17-28)14-18-29)22(35-25)24(33)27(15-19-30)16-20-31/h21-22,28-31H,3-20H2,1-2H3. The van der Waals surface area contributed by atoms with Gasteiger partial charge in [-0.2, -0.15) is 0 Å². The second-order valence-electron chi connectivity index (χ2n) is 9.33. The van der Waals surface area contributed by atoms with E-state index in [1.165, 1.54) is 48.3 Å². The number of aliphatic hydroxyl groups excluding tert-OH is 4. The van der Waals surface area contributed by atoms with Gasteiger partial charge in [-0.1, -0.05) is 58.3 Å². The van der Waals surface area contributed by atoms with Gasteiger partial charge in [-0.3, -0.25) is 9.59 Å². The molecular formula is C25H48N2O8. The van der Waals surface area contributed by atoms with Crippen molar-refractivity contribution in [3.63, 3.8) is 0 Å². The van der Waals surface area contributed by atoms with E-state index in [1.54, 1.807) is 6.92 Å². The number of amides is 2. The number of aliphatic hydroxyl groups is 4. The second-order valence-corrected chi connectivity index (χ2v) is 9.33. The summed E-state index contributed by atoms with van der Waals surface area (Å²) >= 11 is 0. The molecule has 2 amide bonds. The van der Waals surface area contributed by atoms with E-state index in [4.69, 9.17) is 9.47 Å². The van der Waals surface area contributed by atoms with Gasteiger partial charge in [0, 0.05) is 32.6 Å². The van der Waals surface area contributed by atoms with Crippen LogP contribution in [0, 0.1) is 0 Å². The minimum atomic E-state index is -1.25. The van der Waals surface area contributed by atoms with Crippen LogP contribution in [0.3, 0.4) is 0 Å². The molecule has 0 saturated carbocycles. The van der Waals surface area contributed by atoms with E-state index >= 15 is 0 Å². The molecule has 10 nitrogen and oxygen atoms in total. The molecule has 0 aromatic heterocycles. The molecular weight excluding hydrogens is 456 g/mol. The highest BCUT2D eigenvalue weighted by Gasteiger charge is 2.52. The van der Waals surface area contributed by atoms with Crippen LogP contribution in [-0.4, -0.2) is 113 Å². The Balaban J connectivity index is 2.82. The molecule has 2 unspecified atom stereocenters. The predicted octanol–water partition coefficient (Wildman–Crippen LogP) is 1.03. The van der Waals surface area contributed by atoms with Crippen molar-refractivity contribution in [3.05, 3.63) is 0 Å². The van der Waals surface area contributed by atoms with Crippen LogP contribution >= 0.6 is 0 Å². The number of carbonyl (C=O) groups excluding carboxylic acids is 2. The Bertz CT molecular complexity index is 544. The lowest BCUT2D eigenvalue weighted by atomic mass is 10.0. The summed E-state index contributed by atoms with van der Waals surface area (Å²) < 4.78 is 12.1. The fourth-order valence-electron chi connectivity index (χ4n) is 4.43. The van der Waals surface area contributed by atoms with Gasteiger partial charge in [0.05, 0.1) is 26.4 Å². The smallest absolute Gasteiger partial charge is 0.255 e. The molecule has 1 aliphatic rings. The average Bonchev–Trinajstić information content (AvgIpc) is 3.19. The van der Waals surface area contributed by atoms with Crippen LogP contribution in [-0.2, 0) is 19.1 Å². The van der Waals surface area contributed by atoms with E-state index in [9.17, 15) is 30.0 Å². The summed E-state index contributed by atoms with van der Waals surface area (Å²) in [5.41, 5.74) is 0. The Morgan fingerprint density at radius 2 is 1.00 bits per heavy atom. The monoisotopic (exact) mass is 504 g/mol. The number of carbonyl (C=O) groups is 2. The maximum atomic E-state index is 13.2. The molecule has 0 aliphatic carbocycles. The van der Waals surface area contributed by atoms with E-state index < -0.39 is 29.8 Å². The van der Waals surface area contributed by atoms with Crippen molar-refractivity contribution in [2.45, 2.75) is 96.1 Å². The van der Waals surface area contributed by atoms with Gasteiger partial charge in [-0.15, -0.1) is 0 Å². The number of nitrogens with zero attached hydrogens (tertiary/aromatic N) is 2. The van der Waals surface area contributed by atoms with Gasteiger partial charge in [-0.05, 0) is 13.3 Å². The third-order valence-corrected chi connectivity index (χ3v) is 6.35. The van der Waals surface area contributed by atoms with Crippen molar-refractivity contribution in [2.24, 2.45) is 0 Å². The zero-order valence-electron chi connectivity index (χ0n) is 21.7. The summed E-state index contributed by atoms with van der Waals surface area (Å²) in [5.74, 6) is -2.24. The van der Waals surface area contributed by atoms with Gasteiger partial charge in [-0.25, -0.2) is 0 Å². The van der Waals surface area contributed by atoms with Crippen LogP contribution in [0.15, 0.2) is 0 Å². The quantitative estimate of drug-likeness (QED) is 0.180. The minimum Gasteiger partial charge on any atom is -0.395 e. The predicted molar refractivity (Wildman–Crippen MR) is 131 cm³/mol. The van der Waals surface area contributed by atoms with Crippen molar-refractivity contribution >= 4 is 11.8 Å². The van der Waals surface area contributed by atoms with E-state index in [2.05, 4.69) is 6.92 Å². The topological polar surface area (TPSA) is 140 Å². The molecule has 0 spiro atoms. The molecule has 1 fully saturated rings. The zero-order valence-corrected chi connectivity index (χ0v) is 21.7. The molecule has 0 aromatic rings. The van der Waals surface area contributed by atoms with Crippen molar-refractivity contribution in [1.82, 2.24) is 9.80 Å². The number of hydrogen-bond acceptors (Lipinski definition) is 8. The number of hydrogen-bond donors (Lipinski definition) is 4. The SMILES string of the molecule is CCCCCCCCCCCC1(C)OC(C(=O)N(CCO)CCO)C(C(=O)N(CCO)CCO)O1. The Hall–Kier alpha value is -1.30. The first-order valence-corrected chi connectivity index (χ1v) is 13.2. The highest BCUT2D eigenvalue weighted by molar-refractivity contribution is 5.91. The first-order valence-electron chi connectivity index (χ1n) is 13.2. The summed E-state index contributed by atoms with van der Waals surface area (Å²) in [5, 5.41) is 37.3. The summed E-state index contributed by atoms with van der Waals surface area (Å²) in [4.78, 5) is 28.9. The van der Waals surface area contributed by atoms with E-state index in [0.717, 1.165) is 19.3 Å². The third-order valence-electron chi connectivity index (χ3n) is 6.35. The molecule has 10 heteroatoms. The van der Waals surface area contributed by atoms with E-state index in [-0.39, 0.29) is 52.6 Å². The lowest BCUT2D eigenvalue weighted by Crippen LogP contribution is -2.52. The molecule has 0 bridgehead atoms. The molecule has 1 rings (SSSR count). The third kappa shape index (κ3) is 11.1. The van der Waals surface area contributed by atoms with Gasteiger partial charge >= 0.3 is 0 Å². The maximum Gasteiger partial charge on any atom is 0.255 e. The molecule has 4 N–H and O–H groups in total. The molecule has 35 heavy (non-hydrogen) atoms. The maximum absolute atomic E-state index is 13.2. The largest absolute Gasteiger partial charge is 0.395 e.